The number of urea groups is 1. The van der Waals surface area contributed by atoms with Crippen molar-refractivity contribution < 1.29 is 19.7 Å². The van der Waals surface area contributed by atoms with Crippen molar-refractivity contribution in [2.24, 2.45) is 5.29 Å². The van der Waals surface area contributed by atoms with Crippen LogP contribution in [0.15, 0.2) is 17.9 Å². The van der Waals surface area contributed by atoms with Gasteiger partial charge < -0.3 is 26.0 Å². The van der Waals surface area contributed by atoms with Gasteiger partial charge in [-0.3, -0.25) is 4.57 Å². The molecule has 0 spiro atoms. The molecule has 1 fully saturated rings. The largest absolute Gasteiger partial charge is 0.394 e. The Bertz CT molecular complexity index is 797. The zero-order valence-electron chi connectivity index (χ0n) is 13.1. The molecular formula is C12H16N8O5. The smallest absolute Gasteiger partial charge is 0.340 e. The lowest BCUT2D eigenvalue weighted by Gasteiger charge is -2.21. The van der Waals surface area contributed by atoms with Crippen molar-refractivity contribution in [3.05, 3.63) is 17.6 Å². The van der Waals surface area contributed by atoms with Gasteiger partial charge >= 0.3 is 6.03 Å². The Morgan fingerprint density at radius 3 is 2.96 bits per heavy atom. The van der Waals surface area contributed by atoms with E-state index in [1.54, 1.807) is 0 Å². The fourth-order valence-corrected chi connectivity index (χ4v) is 2.64. The quantitative estimate of drug-likeness (QED) is 0.370. The van der Waals surface area contributed by atoms with Gasteiger partial charge in [0, 0.05) is 7.05 Å². The summed E-state index contributed by atoms with van der Waals surface area (Å²) in [5.74, 6) is 0.165. The Hall–Kier alpha value is -2.90. The van der Waals surface area contributed by atoms with E-state index in [2.05, 4.69) is 25.6 Å². The number of nitrogens with one attached hydrogen (secondary N) is 1. The molecule has 4 atom stereocenters. The lowest BCUT2D eigenvalue weighted by molar-refractivity contribution is -0.0489. The van der Waals surface area contributed by atoms with Gasteiger partial charge in [-0.25, -0.2) is 19.7 Å². The molecule has 2 aromatic heterocycles. The number of nitrogens with two attached hydrogens (primary N) is 1. The molecule has 13 heteroatoms. The molecule has 0 bridgehead atoms. The Morgan fingerprint density at radius 2 is 2.28 bits per heavy atom. The molecule has 0 aromatic carbocycles. The fraction of sp³-hybridized carbons (Fsp3) is 0.500. The van der Waals surface area contributed by atoms with Crippen molar-refractivity contribution in [1.29, 1.82) is 0 Å². The maximum atomic E-state index is 11.8. The number of imidazole rings is 1. The third kappa shape index (κ3) is 2.84. The van der Waals surface area contributed by atoms with Gasteiger partial charge in [-0.2, -0.15) is 5.01 Å². The van der Waals surface area contributed by atoms with Gasteiger partial charge in [0.25, 0.3) is 0 Å². The van der Waals surface area contributed by atoms with E-state index in [-0.39, 0.29) is 5.82 Å². The molecule has 3 rings (SSSR count). The number of carbonyl (C=O) groups excluding carboxylic acids is 1. The van der Waals surface area contributed by atoms with Crippen molar-refractivity contribution in [2.75, 3.05) is 19.4 Å². The first-order chi connectivity index (χ1) is 12.0. The maximum Gasteiger partial charge on any atom is 0.340 e. The van der Waals surface area contributed by atoms with E-state index in [1.807, 2.05) is 0 Å². The normalized spacial score (nSPS) is 25.9. The summed E-state index contributed by atoms with van der Waals surface area (Å²) in [5.41, 5.74) is 6.38. The molecule has 1 aliphatic rings. The van der Waals surface area contributed by atoms with Crippen molar-refractivity contribution >= 4 is 23.0 Å². The lowest BCUT2D eigenvalue weighted by atomic mass is 10.1. The van der Waals surface area contributed by atoms with E-state index in [4.69, 9.17) is 10.5 Å². The van der Waals surface area contributed by atoms with E-state index in [0.717, 1.165) is 7.05 Å². The summed E-state index contributed by atoms with van der Waals surface area (Å²) >= 11 is 0. The number of hydrogen-bond acceptors (Lipinski definition) is 10. The second kappa shape index (κ2) is 6.54. The molecule has 25 heavy (non-hydrogen) atoms. The monoisotopic (exact) mass is 352 g/mol. The SMILES string of the molecule is CN(N=O)C(=O)NC1C(CO)OC(n2cnc3c(N)ncnc32)C1O. The van der Waals surface area contributed by atoms with Crippen LogP contribution in [0.2, 0.25) is 0 Å². The van der Waals surface area contributed by atoms with E-state index in [1.165, 1.54) is 17.2 Å². The van der Waals surface area contributed by atoms with Crippen LogP contribution in [-0.4, -0.2) is 72.7 Å². The predicted octanol–water partition coefficient (Wildman–Crippen LogP) is -1.65. The Balaban J connectivity index is 1.89. The van der Waals surface area contributed by atoms with Gasteiger partial charge in [-0.1, -0.05) is 0 Å². The summed E-state index contributed by atoms with van der Waals surface area (Å²) in [5, 5.41) is 25.4. The minimum atomic E-state index is -1.25. The number of aliphatic hydroxyl groups excluding tert-OH is 2. The highest BCUT2D eigenvalue weighted by Gasteiger charge is 2.46. The highest BCUT2D eigenvalue weighted by Crippen LogP contribution is 2.31. The van der Waals surface area contributed by atoms with Crippen LogP contribution in [0.25, 0.3) is 11.2 Å². The number of anilines is 1. The Labute approximate surface area is 140 Å². The third-order valence-corrected chi connectivity index (χ3v) is 3.92. The number of aromatic nitrogens is 4. The highest BCUT2D eigenvalue weighted by molar-refractivity contribution is 5.81. The van der Waals surface area contributed by atoms with Gasteiger partial charge in [0.05, 0.1) is 24.3 Å². The minimum absolute atomic E-state index is 0.165. The number of fused-ring (bicyclic) bond motifs is 1. The Kier molecular flexibility index (Phi) is 4.43. The lowest BCUT2D eigenvalue weighted by Crippen LogP contribution is -2.51. The average molecular weight is 352 g/mol. The molecular weight excluding hydrogens is 336 g/mol. The van der Waals surface area contributed by atoms with Gasteiger partial charge in [-0.15, -0.1) is 4.91 Å². The molecule has 1 aliphatic heterocycles. The van der Waals surface area contributed by atoms with Crippen LogP contribution < -0.4 is 11.1 Å². The molecule has 0 aliphatic carbocycles. The maximum absolute atomic E-state index is 11.8. The number of carbonyl (C=O) groups is 1. The highest BCUT2D eigenvalue weighted by atomic mass is 16.5. The number of ether oxygens (including phenoxy) is 1. The first kappa shape index (κ1) is 16.9. The van der Waals surface area contributed by atoms with Gasteiger partial charge in [0.1, 0.15) is 24.1 Å². The van der Waals surface area contributed by atoms with E-state index < -0.39 is 37.1 Å². The standard InChI is InChI=1S/C12H16N8O5/c1-19(18-24)12(23)17-6-5(2-21)25-11(8(6)22)20-4-16-7-9(13)14-3-15-10(7)20/h3-6,8,11,21-22H,2H2,1H3,(H,17,23)(H2,13,14,15). The molecule has 0 saturated carbocycles. The van der Waals surface area contributed by atoms with E-state index in [9.17, 15) is 19.9 Å². The van der Waals surface area contributed by atoms with Crippen LogP contribution in [0.3, 0.4) is 0 Å². The van der Waals surface area contributed by atoms with Crippen molar-refractivity contribution in [3.8, 4) is 0 Å². The van der Waals surface area contributed by atoms with Crippen LogP contribution in [0, 0.1) is 4.91 Å². The van der Waals surface area contributed by atoms with Crippen LogP contribution in [-0.2, 0) is 4.74 Å². The van der Waals surface area contributed by atoms with Crippen molar-refractivity contribution in [2.45, 2.75) is 24.5 Å². The van der Waals surface area contributed by atoms with Gasteiger partial charge in [-0.05, 0) is 0 Å². The van der Waals surface area contributed by atoms with Crippen LogP contribution in [0.4, 0.5) is 10.6 Å². The number of nitroso groups, excluding NO2 is 1. The van der Waals surface area contributed by atoms with Gasteiger partial charge in [0.15, 0.2) is 17.7 Å². The third-order valence-electron chi connectivity index (χ3n) is 3.92. The number of rotatable bonds is 4. The molecule has 2 amide bonds. The molecule has 1 saturated heterocycles. The molecule has 5 N–H and O–H groups in total. The first-order valence-electron chi connectivity index (χ1n) is 7.22. The second-order valence-electron chi connectivity index (χ2n) is 5.40. The topological polar surface area (TPSA) is 181 Å². The number of hydrogen-bond donors (Lipinski definition) is 4. The second-order valence-corrected chi connectivity index (χ2v) is 5.40. The summed E-state index contributed by atoms with van der Waals surface area (Å²) in [7, 11) is 1.15. The van der Waals surface area contributed by atoms with Crippen LogP contribution in [0.1, 0.15) is 6.23 Å². The van der Waals surface area contributed by atoms with Crippen molar-refractivity contribution in [3.63, 3.8) is 0 Å². The summed E-state index contributed by atoms with van der Waals surface area (Å²) in [6.45, 7) is -0.472. The summed E-state index contributed by atoms with van der Waals surface area (Å²) in [6.07, 6.45) is -0.557. The number of aliphatic hydroxyl groups is 2. The van der Waals surface area contributed by atoms with Gasteiger partial charge in [0.2, 0.25) is 0 Å². The minimum Gasteiger partial charge on any atom is -0.394 e. The van der Waals surface area contributed by atoms with Crippen LogP contribution in [0.5, 0.6) is 0 Å². The average Bonchev–Trinajstić information content (AvgIpc) is 3.17. The zero-order valence-corrected chi connectivity index (χ0v) is 13.1. The molecule has 0 radical (unpaired) electrons. The zero-order chi connectivity index (χ0) is 18.1. The number of nitrogens with zero attached hydrogens (tertiary/aromatic N) is 6. The summed E-state index contributed by atoms with van der Waals surface area (Å²) < 4.78 is 7.05. The summed E-state index contributed by atoms with van der Waals surface area (Å²) in [6, 6.07) is -1.83. The van der Waals surface area contributed by atoms with Crippen molar-refractivity contribution in [1.82, 2.24) is 29.8 Å². The predicted molar refractivity (Wildman–Crippen MR) is 82.6 cm³/mol. The molecule has 13 nitrogen and oxygen atoms in total. The number of nitrogen functional groups attached to an aromatic ring is 1. The molecule has 3 heterocycles. The molecule has 4 unspecified atom stereocenters. The fourth-order valence-electron chi connectivity index (χ4n) is 2.64. The summed E-state index contributed by atoms with van der Waals surface area (Å²) in [4.78, 5) is 34.2. The van der Waals surface area contributed by atoms with E-state index >= 15 is 0 Å². The van der Waals surface area contributed by atoms with Crippen LogP contribution >= 0.6 is 0 Å². The number of amides is 2. The first-order valence-corrected chi connectivity index (χ1v) is 7.22. The Morgan fingerprint density at radius 1 is 1.52 bits per heavy atom. The molecule has 134 valence electrons. The molecule has 2 aromatic rings. The van der Waals surface area contributed by atoms with E-state index in [0.29, 0.717) is 16.2 Å².